The van der Waals surface area contributed by atoms with E-state index in [-0.39, 0.29) is 17.8 Å². The second kappa shape index (κ2) is 7.72. The minimum absolute atomic E-state index is 0.0463. The maximum Gasteiger partial charge on any atom is 0.420 e. The number of pyridine rings is 1. The maximum atomic E-state index is 12.3. The number of carbonyl (C=O) groups excluding carboxylic acids is 1. The lowest BCUT2D eigenvalue weighted by Crippen LogP contribution is -2.36. The average molecular weight is 399 g/mol. The van der Waals surface area contributed by atoms with Crippen LogP contribution < -0.4 is 16.0 Å². The van der Waals surface area contributed by atoms with Crippen LogP contribution in [0.1, 0.15) is 0 Å². The molecule has 0 saturated carbocycles. The Morgan fingerprint density at radius 3 is 2.72 bits per heavy atom. The van der Waals surface area contributed by atoms with Crippen LogP contribution in [-0.2, 0) is 16.1 Å². The molecule has 1 amide bonds. The SMILES string of the molecule is O=C(Cn1c(=O)oc2cc([N+](=O)[O-])ccc21)Nc1ccc(N2CCOCC2)cn1. The quantitative estimate of drug-likeness (QED) is 0.502. The van der Waals surface area contributed by atoms with Crippen LogP contribution in [0.3, 0.4) is 0 Å². The number of ether oxygens (including phenoxy) is 1. The summed E-state index contributed by atoms with van der Waals surface area (Å²) >= 11 is 0. The molecule has 1 aliphatic heterocycles. The lowest BCUT2D eigenvalue weighted by atomic mass is 10.3. The smallest absolute Gasteiger partial charge is 0.407 e. The van der Waals surface area contributed by atoms with E-state index in [9.17, 15) is 19.7 Å². The number of morpholine rings is 1. The molecule has 0 atom stereocenters. The number of nitro groups is 1. The predicted octanol–water partition coefficient (Wildman–Crippen LogP) is 1.37. The van der Waals surface area contributed by atoms with Crippen molar-refractivity contribution in [3.05, 3.63) is 57.2 Å². The van der Waals surface area contributed by atoms with Crippen molar-refractivity contribution in [1.82, 2.24) is 9.55 Å². The number of benzene rings is 1. The highest BCUT2D eigenvalue weighted by Gasteiger charge is 2.17. The zero-order valence-electron chi connectivity index (χ0n) is 15.2. The number of anilines is 2. The monoisotopic (exact) mass is 399 g/mol. The van der Waals surface area contributed by atoms with E-state index in [2.05, 4.69) is 15.2 Å². The van der Waals surface area contributed by atoms with E-state index in [0.717, 1.165) is 29.4 Å². The van der Waals surface area contributed by atoms with Crippen LogP contribution in [-0.4, -0.2) is 46.7 Å². The normalized spacial score (nSPS) is 14.1. The molecule has 1 aliphatic rings. The van der Waals surface area contributed by atoms with Gasteiger partial charge in [0.1, 0.15) is 12.4 Å². The lowest BCUT2D eigenvalue weighted by Gasteiger charge is -2.28. The fourth-order valence-electron chi connectivity index (χ4n) is 3.11. The Morgan fingerprint density at radius 2 is 2.03 bits per heavy atom. The fourth-order valence-corrected chi connectivity index (χ4v) is 3.11. The number of nitro benzene ring substituents is 1. The molecule has 4 rings (SSSR count). The molecule has 11 heteroatoms. The molecule has 1 saturated heterocycles. The fraction of sp³-hybridized carbons (Fsp3) is 0.278. The van der Waals surface area contributed by atoms with Crippen molar-refractivity contribution in [1.29, 1.82) is 0 Å². The van der Waals surface area contributed by atoms with Crippen molar-refractivity contribution < 1.29 is 18.9 Å². The van der Waals surface area contributed by atoms with Crippen LogP contribution in [0.2, 0.25) is 0 Å². The summed E-state index contributed by atoms with van der Waals surface area (Å²) in [5, 5.41) is 13.5. The van der Waals surface area contributed by atoms with Gasteiger partial charge in [0.2, 0.25) is 5.91 Å². The summed E-state index contributed by atoms with van der Waals surface area (Å²) in [6, 6.07) is 7.31. The first-order valence-corrected chi connectivity index (χ1v) is 8.87. The number of amides is 1. The Kier molecular flexibility index (Phi) is 4.96. The number of aromatic nitrogens is 2. The van der Waals surface area contributed by atoms with Gasteiger partial charge in [0.05, 0.1) is 41.6 Å². The van der Waals surface area contributed by atoms with Gasteiger partial charge < -0.3 is 19.4 Å². The first-order valence-electron chi connectivity index (χ1n) is 8.87. The molecule has 150 valence electrons. The first-order chi connectivity index (χ1) is 14.0. The molecule has 0 aliphatic carbocycles. The van der Waals surface area contributed by atoms with Gasteiger partial charge in [-0.2, -0.15) is 0 Å². The third-order valence-corrected chi connectivity index (χ3v) is 4.56. The van der Waals surface area contributed by atoms with Gasteiger partial charge in [0, 0.05) is 19.2 Å². The van der Waals surface area contributed by atoms with Crippen molar-refractivity contribution >= 4 is 34.2 Å². The van der Waals surface area contributed by atoms with Gasteiger partial charge in [-0.1, -0.05) is 0 Å². The van der Waals surface area contributed by atoms with E-state index >= 15 is 0 Å². The molecule has 1 fully saturated rings. The van der Waals surface area contributed by atoms with Crippen molar-refractivity contribution in [2.75, 3.05) is 36.5 Å². The Bertz CT molecular complexity index is 1110. The Balaban J connectivity index is 1.46. The van der Waals surface area contributed by atoms with Crippen molar-refractivity contribution in [2.24, 2.45) is 0 Å². The molecule has 2 aromatic heterocycles. The summed E-state index contributed by atoms with van der Waals surface area (Å²) < 4.78 is 11.4. The Hall–Kier alpha value is -3.73. The van der Waals surface area contributed by atoms with Crippen LogP contribution in [0.15, 0.2) is 45.7 Å². The van der Waals surface area contributed by atoms with Crippen molar-refractivity contribution in [3.63, 3.8) is 0 Å². The highest BCUT2D eigenvalue weighted by atomic mass is 16.6. The third kappa shape index (κ3) is 3.94. The summed E-state index contributed by atoms with van der Waals surface area (Å²) in [7, 11) is 0. The number of carbonyl (C=O) groups is 1. The standard InChI is InChI=1S/C18H17N5O6/c24-17(20-16-4-2-13(10-19-16)21-5-7-28-8-6-21)11-22-14-3-1-12(23(26)27)9-15(14)29-18(22)25/h1-4,9-10H,5-8,11H2,(H,19,20,24). The van der Waals surface area contributed by atoms with Crippen LogP contribution >= 0.6 is 0 Å². The van der Waals surface area contributed by atoms with E-state index in [1.165, 1.54) is 12.1 Å². The number of fused-ring (bicyclic) bond motifs is 1. The van der Waals surface area contributed by atoms with Gasteiger partial charge >= 0.3 is 5.76 Å². The summed E-state index contributed by atoms with van der Waals surface area (Å²) in [6.07, 6.45) is 1.67. The molecule has 11 nitrogen and oxygen atoms in total. The van der Waals surface area contributed by atoms with E-state index in [1.54, 1.807) is 12.3 Å². The Labute approximate surface area is 163 Å². The second-order valence-electron chi connectivity index (χ2n) is 6.41. The van der Waals surface area contributed by atoms with Crippen molar-refractivity contribution in [2.45, 2.75) is 6.54 Å². The molecule has 29 heavy (non-hydrogen) atoms. The number of hydrogen-bond donors (Lipinski definition) is 1. The number of nitrogens with one attached hydrogen (secondary N) is 1. The van der Waals surface area contributed by atoms with Crippen LogP contribution in [0.4, 0.5) is 17.2 Å². The number of hydrogen-bond acceptors (Lipinski definition) is 8. The highest BCUT2D eigenvalue weighted by molar-refractivity contribution is 5.90. The molecule has 1 aromatic carbocycles. The third-order valence-electron chi connectivity index (χ3n) is 4.56. The van der Waals surface area contributed by atoms with E-state index in [1.807, 2.05) is 6.07 Å². The van der Waals surface area contributed by atoms with Gasteiger partial charge in [-0.25, -0.2) is 9.78 Å². The minimum Gasteiger partial charge on any atom is -0.407 e. The van der Waals surface area contributed by atoms with Crippen LogP contribution in [0.25, 0.3) is 11.1 Å². The molecular weight excluding hydrogens is 382 g/mol. The topological polar surface area (TPSA) is 133 Å². The lowest BCUT2D eigenvalue weighted by molar-refractivity contribution is -0.384. The zero-order chi connectivity index (χ0) is 20.4. The first kappa shape index (κ1) is 18.6. The largest absolute Gasteiger partial charge is 0.420 e. The maximum absolute atomic E-state index is 12.3. The zero-order valence-corrected chi connectivity index (χ0v) is 15.2. The summed E-state index contributed by atoms with van der Waals surface area (Å²) in [4.78, 5) is 41.0. The van der Waals surface area contributed by atoms with Gasteiger partial charge in [0.15, 0.2) is 5.58 Å². The van der Waals surface area contributed by atoms with E-state index < -0.39 is 16.6 Å². The highest BCUT2D eigenvalue weighted by Crippen LogP contribution is 2.20. The van der Waals surface area contributed by atoms with Gasteiger partial charge in [-0.3, -0.25) is 19.5 Å². The van der Waals surface area contributed by atoms with E-state index in [0.29, 0.717) is 24.5 Å². The van der Waals surface area contributed by atoms with Crippen LogP contribution in [0, 0.1) is 10.1 Å². The second-order valence-corrected chi connectivity index (χ2v) is 6.41. The van der Waals surface area contributed by atoms with E-state index in [4.69, 9.17) is 9.15 Å². The number of oxazole rings is 1. The number of rotatable bonds is 5. The number of non-ortho nitro benzene ring substituents is 1. The molecule has 0 bridgehead atoms. The van der Waals surface area contributed by atoms with Gasteiger partial charge in [-0.05, 0) is 18.2 Å². The van der Waals surface area contributed by atoms with Gasteiger partial charge in [-0.15, -0.1) is 0 Å². The number of nitrogens with zero attached hydrogens (tertiary/aromatic N) is 4. The minimum atomic E-state index is -0.772. The molecule has 1 N–H and O–H groups in total. The molecule has 0 unspecified atom stereocenters. The van der Waals surface area contributed by atoms with Crippen molar-refractivity contribution in [3.8, 4) is 0 Å². The molecular formula is C18H17N5O6. The summed E-state index contributed by atoms with van der Waals surface area (Å²) in [5.74, 6) is -0.894. The Morgan fingerprint density at radius 1 is 1.24 bits per heavy atom. The van der Waals surface area contributed by atoms with Crippen LogP contribution in [0.5, 0.6) is 0 Å². The molecule has 3 aromatic rings. The molecule has 3 heterocycles. The predicted molar refractivity (Wildman–Crippen MR) is 103 cm³/mol. The van der Waals surface area contributed by atoms with Gasteiger partial charge in [0.25, 0.3) is 5.69 Å². The summed E-state index contributed by atoms with van der Waals surface area (Å²) in [5.41, 5.74) is 1.08. The average Bonchev–Trinajstić information content (AvgIpc) is 3.03. The summed E-state index contributed by atoms with van der Waals surface area (Å²) in [6.45, 7) is 2.57. The molecule has 0 radical (unpaired) electrons. The molecule has 0 spiro atoms.